The van der Waals surface area contributed by atoms with Crippen molar-refractivity contribution < 1.29 is 9.68 Å². The van der Waals surface area contributed by atoms with Crippen LogP contribution in [0.15, 0.2) is 0 Å². The molecule has 0 aliphatic heterocycles. The van der Waals surface area contributed by atoms with Gasteiger partial charge in [-0.3, -0.25) is 0 Å². The fourth-order valence-electron chi connectivity index (χ4n) is 0.426. The van der Waals surface area contributed by atoms with E-state index in [0.717, 1.165) is 12.8 Å². The average molecular weight is 110 g/mol. The number of terminal acetylenes is 1. The predicted molar refractivity (Wildman–Crippen MR) is 30.9 cm³/mol. The monoisotopic (exact) mass is 110 g/mol. The molecule has 8 heavy (non-hydrogen) atoms. The molecule has 0 spiro atoms. The molecule has 0 unspecified atom stereocenters. The second-order valence-corrected chi connectivity index (χ2v) is 1.85. The fraction of sp³-hybridized carbons (Fsp3) is 0.600. The maximum absolute atomic E-state index is 8.61. The largest absolute Gasteiger partial charge is 0.547 e. The molecule has 1 aliphatic carbocycles. The summed E-state index contributed by atoms with van der Waals surface area (Å²) < 4.78 is 4.83. The molecule has 0 heterocycles. The van der Waals surface area contributed by atoms with E-state index in [4.69, 9.17) is 16.1 Å². The maximum Gasteiger partial charge on any atom is 0.547 e. The SMILES string of the molecule is C#CB(O)OC1CC1. The lowest BCUT2D eigenvalue weighted by Gasteiger charge is -1.95. The van der Waals surface area contributed by atoms with Crippen LogP contribution in [0.2, 0.25) is 0 Å². The second kappa shape index (κ2) is 2.21. The van der Waals surface area contributed by atoms with Crippen LogP contribution in [0, 0.1) is 12.2 Å². The summed E-state index contributed by atoms with van der Waals surface area (Å²) >= 11 is 0. The molecule has 0 saturated heterocycles. The van der Waals surface area contributed by atoms with Crippen LogP contribution in [0.25, 0.3) is 0 Å². The summed E-state index contributed by atoms with van der Waals surface area (Å²) in [6, 6.07) is 0. The van der Waals surface area contributed by atoms with Gasteiger partial charge < -0.3 is 9.68 Å². The Bertz CT molecular complexity index is 114. The Morgan fingerprint density at radius 2 is 2.38 bits per heavy atom. The Balaban J connectivity index is 2.09. The third kappa shape index (κ3) is 1.57. The van der Waals surface area contributed by atoms with E-state index < -0.39 is 7.12 Å². The van der Waals surface area contributed by atoms with Gasteiger partial charge >= 0.3 is 7.12 Å². The summed E-state index contributed by atoms with van der Waals surface area (Å²) in [5, 5.41) is 8.61. The minimum atomic E-state index is -0.984. The molecular formula is C5H7BO2. The van der Waals surface area contributed by atoms with Crippen LogP contribution in [0.1, 0.15) is 12.8 Å². The molecule has 0 aromatic rings. The molecule has 0 bridgehead atoms. The van der Waals surface area contributed by atoms with Crippen LogP contribution in [0.4, 0.5) is 0 Å². The summed E-state index contributed by atoms with van der Waals surface area (Å²) in [7, 11) is -0.984. The average Bonchev–Trinajstić information content (AvgIpc) is 2.50. The van der Waals surface area contributed by atoms with Gasteiger partial charge in [-0.15, -0.1) is 6.42 Å². The predicted octanol–water partition coefficient (Wildman–Crippen LogP) is -0.182. The molecule has 0 aromatic heterocycles. The highest BCUT2D eigenvalue weighted by molar-refractivity contribution is 6.52. The third-order valence-corrected chi connectivity index (χ3v) is 0.988. The molecule has 2 nitrogen and oxygen atoms in total. The van der Waals surface area contributed by atoms with Gasteiger partial charge in [0.2, 0.25) is 0 Å². The van der Waals surface area contributed by atoms with Gasteiger partial charge in [-0.1, -0.05) is 5.82 Å². The molecule has 1 aliphatic rings. The van der Waals surface area contributed by atoms with Crippen molar-refractivity contribution in [2.45, 2.75) is 18.9 Å². The topological polar surface area (TPSA) is 29.5 Å². The molecule has 1 N–H and O–H groups in total. The van der Waals surface area contributed by atoms with Gasteiger partial charge in [0.15, 0.2) is 0 Å². The van der Waals surface area contributed by atoms with Gasteiger partial charge in [-0.25, -0.2) is 0 Å². The molecular weight excluding hydrogens is 103 g/mol. The summed E-state index contributed by atoms with van der Waals surface area (Å²) in [6.45, 7) is 0. The minimum Gasteiger partial charge on any atom is -0.416 e. The van der Waals surface area contributed by atoms with Crippen molar-refractivity contribution in [3.05, 3.63) is 0 Å². The highest BCUT2D eigenvalue weighted by atomic mass is 16.5. The highest BCUT2D eigenvalue weighted by Crippen LogP contribution is 2.23. The summed E-state index contributed by atoms with van der Waals surface area (Å²) in [5.74, 6) is 2.07. The van der Waals surface area contributed by atoms with Gasteiger partial charge in [-0.2, -0.15) is 0 Å². The zero-order chi connectivity index (χ0) is 5.98. The first-order valence-corrected chi connectivity index (χ1v) is 2.62. The maximum atomic E-state index is 8.61. The zero-order valence-electron chi connectivity index (χ0n) is 4.50. The van der Waals surface area contributed by atoms with Gasteiger partial charge in [0.05, 0.1) is 0 Å². The van der Waals surface area contributed by atoms with E-state index in [-0.39, 0.29) is 6.10 Å². The van der Waals surface area contributed by atoms with Gasteiger partial charge in [0.25, 0.3) is 0 Å². The Kier molecular flexibility index (Phi) is 1.57. The van der Waals surface area contributed by atoms with Crippen molar-refractivity contribution >= 4 is 7.12 Å². The molecule has 0 amide bonds. The van der Waals surface area contributed by atoms with Crippen LogP contribution >= 0.6 is 0 Å². The lowest BCUT2D eigenvalue weighted by atomic mass is 9.94. The quantitative estimate of drug-likeness (QED) is 0.394. The molecule has 0 radical (unpaired) electrons. The Labute approximate surface area is 49.0 Å². The van der Waals surface area contributed by atoms with Crippen LogP contribution < -0.4 is 0 Å². The van der Waals surface area contributed by atoms with Crippen molar-refractivity contribution in [1.82, 2.24) is 0 Å². The van der Waals surface area contributed by atoms with Crippen LogP contribution in [0.5, 0.6) is 0 Å². The first-order valence-electron chi connectivity index (χ1n) is 2.62. The fourth-order valence-corrected chi connectivity index (χ4v) is 0.426. The first-order chi connectivity index (χ1) is 3.83. The Morgan fingerprint density at radius 3 is 2.75 bits per heavy atom. The molecule has 42 valence electrons. The molecule has 0 atom stereocenters. The van der Waals surface area contributed by atoms with Crippen LogP contribution in [-0.2, 0) is 4.65 Å². The summed E-state index contributed by atoms with van der Waals surface area (Å²) in [5.41, 5.74) is 0. The van der Waals surface area contributed by atoms with E-state index in [1.807, 2.05) is 0 Å². The second-order valence-electron chi connectivity index (χ2n) is 1.85. The van der Waals surface area contributed by atoms with E-state index in [1.54, 1.807) is 0 Å². The minimum absolute atomic E-state index is 0.237. The normalized spacial score (nSPS) is 17.5. The van der Waals surface area contributed by atoms with Crippen molar-refractivity contribution in [3.8, 4) is 12.2 Å². The summed E-state index contributed by atoms with van der Waals surface area (Å²) in [6.07, 6.45) is 7.14. The standard InChI is InChI=1S/C5H7BO2/c1-2-6(7)8-5-3-4-5/h1,5,7H,3-4H2. The zero-order valence-corrected chi connectivity index (χ0v) is 4.50. The van der Waals surface area contributed by atoms with E-state index in [0.29, 0.717) is 0 Å². The van der Waals surface area contributed by atoms with Gasteiger partial charge in [-0.05, 0) is 12.8 Å². The van der Waals surface area contributed by atoms with E-state index >= 15 is 0 Å². The van der Waals surface area contributed by atoms with Crippen LogP contribution in [0.3, 0.4) is 0 Å². The van der Waals surface area contributed by atoms with Gasteiger partial charge in [0.1, 0.15) is 0 Å². The van der Waals surface area contributed by atoms with Crippen molar-refractivity contribution in [1.29, 1.82) is 0 Å². The highest BCUT2D eigenvalue weighted by Gasteiger charge is 2.26. The van der Waals surface area contributed by atoms with Gasteiger partial charge in [0, 0.05) is 6.10 Å². The molecule has 1 rings (SSSR count). The van der Waals surface area contributed by atoms with Crippen molar-refractivity contribution in [2.24, 2.45) is 0 Å². The lowest BCUT2D eigenvalue weighted by Crippen LogP contribution is -2.16. The lowest BCUT2D eigenvalue weighted by molar-refractivity contribution is 0.258. The third-order valence-electron chi connectivity index (χ3n) is 0.988. The van der Waals surface area contributed by atoms with Crippen molar-refractivity contribution in [3.63, 3.8) is 0 Å². The van der Waals surface area contributed by atoms with E-state index in [2.05, 4.69) is 5.82 Å². The number of rotatable bonds is 2. The molecule has 1 fully saturated rings. The van der Waals surface area contributed by atoms with E-state index in [1.165, 1.54) is 0 Å². The number of hydrogen-bond donors (Lipinski definition) is 1. The summed E-state index contributed by atoms with van der Waals surface area (Å²) in [4.78, 5) is 0. The molecule has 1 saturated carbocycles. The number of hydrogen-bond acceptors (Lipinski definition) is 2. The van der Waals surface area contributed by atoms with Crippen molar-refractivity contribution in [2.75, 3.05) is 0 Å². The Hall–Kier alpha value is -0.455. The Morgan fingerprint density at radius 1 is 1.75 bits per heavy atom. The molecule has 0 aromatic carbocycles. The van der Waals surface area contributed by atoms with E-state index in [9.17, 15) is 0 Å². The molecule has 3 heteroatoms. The first kappa shape index (κ1) is 5.68. The smallest absolute Gasteiger partial charge is 0.416 e. The van der Waals surface area contributed by atoms with Crippen LogP contribution in [-0.4, -0.2) is 18.2 Å².